The molecular formula is C2H6BNO2. The van der Waals surface area contributed by atoms with Gasteiger partial charge >= 0.3 is 7.62 Å². The minimum absolute atomic E-state index is 0.0185. The molecule has 0 heterocycles. The Labute approximate surface area is 36.8 Å². The Balaban J connectivity index is 2.83. The lowest BCUT2D eigenvalue weighted by Gasteiger charge is -1.88. The van der Waals surface area contributed by atoms with Gasteiger partial charge in [0, 0.05) is 6.92 Å². The van der Waals surface area contributed by atoms with Crippen molar-refractivity contribution < 1.29 is 9.45 Å². The summed E-state index contributed by atoms with van der Waals surface area (Å²) in [6.07, 6.45) is 0. The van der Waals surface area contributed by atoms with Crippen LogP contribution < -0.4 is 5.64 Å². The first-order valence-corrected chi connectivity index (χ1v) is 1.61. The summed E-state index contributed by atoms with van der Waals surface area (Å²) in [5.41, 5.74) is 4.79. The van der Waals surface area contributed by atoms with Crippen molar-refractivity contribution in [3.8, 4) is 0 Å². The third-order valence-electron chi connectivity index (χ3n) is 0.287. The maximum absolute atomic E-state index is 9.74. The van der Waals surface area contributed by atoms with Gasteiger partial charge in [-0.05, 0) is 0 Å². The number of nitrogens with two attached hydrogens (primary N) is 1. The lowest BCUT2D eigenvalue weighted by Crippen LogP contribution is -2.12. The molecule has 0 fully saturated rings. The van der Waals surface area contributed by atoms with Crippen LogP contribution in [0.2, 0.25) is 0 Å². The molecule has 3 nitrogen and oxygen atoms in total. The Bertz CT molecular complexity index is 55.5. The molecule has 34 valence electrons. The summed E-state index contributed by atoms with van der Waals surface area (Å²) in [7, 11) is -0.0185. The van der Waals surface area contributed by atoms with Crippen molar-refractivity contribution in [1.29, 1.82) is 0 Å². The summed E-state index contributed by atoms with van der Waals surface area (Å²) in [4.78, 5) is 9.74. The number of hydrogen-bond donors (Lipinski definition) is 1. The van der Waals surface area contributed by atoms with E-state index < -0.39 is 0 Å². The highest BCUT2D eigenvalue weighted by Gasteiger charge is 1.84. The molecule has 0 aliphatic carbocycles. The monoisotopic (exact) mass is 87.0 g/mol. The molecule has 0 bridgehead atoms. The van der Waals surface area contributed by atoms with Crippen LogP contribution in [0.25, 0.3) is 0 Å². The van der Waals surface area contributed by atoms with Gasteiger partial charge in [0.05, 0.1) is 0 Å². The highest BCUT2D eigenvalue weighted by Crippen LogP contribution is 1.62. The molecule has 0 aromatic rings. The van der Waals surface area contributed by atoms with Gasteiger partial charge in [-0.15, -0.1) is 0 Å². The molecule has 0 aliphatic rings. The second kappa shape index (κ2) is 2.72. The van der Waals surface area contributed by atoms with E-state index in [1.165, 1.54) is 6.92 Å². The van der Waals surface area contributed by atoms with Crippen molar-refractivity contribution in [2.45, 2.75) is 6.92 Å². The van der Waals surface area contributed by atoms with Crippen LogP contribution in [-0.4, -0.2) is 13.6 Å². The van der Waals surface area contributed by atoms with Crippen molar-refractivity contribution in [2.75, 3.05) is 0 Å². The molecule has 0 saturated carbocycles. The van der Waals surface area contributed by atoms with Crippen LogP contribution >= 0.6 is 0 Å². The maximum atomic E-state index is 9.74. The Hall–Kier alpha value is -0.505. The van der Waals surface area contributed by atoms with Gasteiger partial charge in [-0.25, -0.2) is 0 Å². The fourth-order valence-electron chi connectivity index (χ4n) is 0.117. The van der Waals surface area contributed by atoms with Crippen LogP contribution in [0.1, 0.15) is 6.92 Å². The molecule has 0 aliphatic heterocycles. The summed E-state index contributed by atoms with van der Waals surface area (Å²) >= 11 is 0. The predicted molar refractivity (Wildman–Crippen MR) is 23.1 cm³/mol. The summed E-state index contributed by atoms with van der Waals surface area (Å²) in [5.74, 6) is -0.336. The van der Waals surface area contributed by atoms with E-state index in [0.29, 0.717) is 0 Å². The third kappa shape index (κ3) is 3.49. The molecule has 6 heavy (non-hydrogen) atoms. The van der Waals surface area contributed by atoms with Crippen LogP contribution in [-0.2, 0) is 9.45 Å². The van der Waals surface area contributed by atoms with Gasteiger partial charge in [-0.2, -0.15) is 0 Å². The molecule has 0 saturated heterocycles. The van der Waals surface area contributed by atoms with Crippen molar-refractivity contribution in [1.82, 2.24) is 0 Å². The molecule has 0 atom stereocenters. The van der Waals surface area contributed by atoms with E-state index in [2.05, 4.69) is 4.65 Å². The highest BCUT2D eigenvalue weighted by atomic mass is 16.5. The third-order valence-corrected chi connectivity index (χ3v) is 0.287. The molecule has 2 N–H and O–H groups in total. The molecule has 0 rings (SSSR count). The van der Waals surface area contributed by atoms with Crippen LogP contribution in [0.3, 0.4) is 0 Å². The zero-order valence-corrected chi connectivity index (χ0v) is 3.60. The van der Waals surface area contributed by atoms with Gasteiger partial charge in [-0.3, -0.25) is 4.79 Å². The number of carbonyl (C=O) groups excluding carboxylic acids is 1. The van der Waals surface area contributed by atoms with E-state index >= 15 is 0 Å². The van der Waals surface area contributed by atoms with E-state index in [4.69, 9.17) is 5.64 Å². The topological polar surface area (TPSA) is 52.3 Å². The van der Waals surface area contributed by atoms with Gasteiger partial charge < -0.3 is 10.3 Å². The number of rotatable bonds is 1. The molecule has 4 heteroatoms. The second-order valence-corrected chi connectivity index (χ2v) is 0.803. The summed E-state index contributed by atoms with van der Waals surface area (Å²) in [6, 6.07) is 0. The Morgan fingerprint density at radius 3 is 2.50 bits per heavy atom. The number of carbonyl (C=O) groups is 1. The van der Waals surface area contributed by atoms with E-state index in [0.717, 1.165) is 0 Å². The first-order chi connectivity index (χ1) is 2.77. The summed E-state index contributed by atoms with van der Waals surface area (Å²) < 4.78 is 4.18. The maximum Gasteiger partial charge on any atom is 0.427 e. The Kier molecular flexibility index (Phi) is 2.49. The molecule has 0 amide bonds. The van der Waals surface area contributed by atoms with Crippen molar-refractivity contribution >= 4 is 13.6 Å². The van der Waals surface area contributed by atoms with E-state index in [-0.39, 0.29) is 13.6 Å². The molecule has 0 aromatic heterocycles. The fourth-order valence-corrected chi connectivity index (χ4v) is 0.117. The average molecular weight is 86.9 g/mol. The lowest BCUT2D eigenvalue weighted by atomic mass is 10.3. The van der Waals surface area contributed by atoms with Crippen LogP contribution in [0.4, 0.5) is 0 Å². The first-order valence-electron chi connectivity index (χ1n) is 1.61. The summed E-state index contributed by atoms with van der Waals surface area (Å²) in [6.45, 7) is 1.31. The van der Waals surface area contributed by atoms with Crippen molar-refractivity contribution in [2.24, 2.45) is 5.64 Å². The largest absolute Gasteiger partial charge is 0.524 e. The molecule has 0 aromatic carbocycles. The van der Waals surface area contributed by atoms with Crippen molar-refractivity contribution in [3.63, 3.8) is 0 Å². The Morgan fingerprint density at radius 1 is 2.00 bits per heavy atom. The highest BCUT2D eigenvalue weighted by molar-refractivity contribution is 6.25. The fraction of sp³-hybridized carbons (Fsp3) is 0.500. The van der Waals surface area contributed by atoms with Crippen LogP contribution in [0.5, 0.6) is 0 Å². The SMILES string of the molecule is CC(=O)OBN. The molecule has 0 spiro atoms. The van der Waals surface area contributed by atoms with Gasteiger partial charge in [0.15, 0.2) is 0 Å². The molecule has 0 unspecified atom stereocenters. The van der Waals surface area contributed by atoms with E-state index in [9.17, 15) is 4.79 Å². The normalized spacial score (nSPS) is 7.00. The molecular weight excluding hydrogens is 80.8 g/mol. The standard InChI is InChI=1S/C2H6BNO2/c1-2(5)6-3-4/h3H,4H2,1H3. The smallest absolute Gasteiger partial charge is 0.427 e. The van der Waals surface area contributed by atoms with Gasteiger partial charge in [0.2, 0.25) is 0 Å². The van der Waals surface area contributed by atoms with E-state index in [1.807, 2.05) is 0 Å². The minimum atomic E-state index is -0.336. The zero-order chi connectivity index (χ0) is 4.99. The van der Waals surface area contributed by atoms with Gasteiger partial charge in [0.25, 0.3) is 5.97 Å². The quantitative estimate of drug-likeness (QED) is 0.407. The predicted octanol–water partition coefficient (Wildman–Crippen LogP) is -1.23. The van der Waals surface area contributed by atoms with Crippen LogP contribution in [0, 0.1) is 0 Å². The van der Waals surface area contributed by atoms with Gasteiger partial charge in [-0.1, -0.05) is 0 Å². The number of hydrogen-bond acceptors (Lipinski definition) is 3. The Morgan fingerprint density at radius 2 is 2.50 bits per heavy atom. The summed E-state index contributed by atoms with van der Waals surface area (Å²) in [5, 5.41) is 0. The van der Waals surface area contributed by atoms with Crippen LogP contribution in [0.15, 0.2) is 0 Å². The zero-order valence-electron chi connectivity index (χ0n) is 3.60. The second-order valence-electron chi connectivity index (χ2n) is 0.803. The van der Waals surface area contributed by atoms with Crippen molar-refractivity contribution in [3.05, 3.63) is 0 Å². The van der Waals surface area contributed by atoms with Gasteiger partial charge in [0.1, 0.15) is 0 Å². The molecule has 0 radical (unpaired) electrons. The lowest BCUT2D eigenvalue weighted by molar-refractivity contribution is -0.131. The first kappa shape index (κ1) is 5.49. The van der Waals surface area contributed by atoms with E-state index in [1.54, 1.807) is 0 Å². The minimum Gasteiger partial charge on any atom is -0.524 e. The average Bonchev–Trinajstić information content (AvgIpc) is 1.35.